The molecule has 0 unspecified atom stereocenters. The maximum absolute atomic E-state index is 11.1. The summed E-state index contributed by atoms with van der Waals surface area (Å²) in [5.41, 5.74) is 4.24. The fourth-order valence-corrected chi connectivity index (χ4v) is 2.16. The minimum absolute atomic E-state index is 0.743. The summed E-state index contributed by atoms with van der Waals surface area (Å²) in [6, 6.07) is 18.0. The molecule has 0 fully saturated rings. The zero-order chi connectivity index (χ0) is 13.5. The van der Waals surface area contributed by atoms with Crippen LogP contribution in [0.4, 0.5) is 0 Å². The smallest absolute Gasteiger partial charge is 0.150 e. The Balaban J connectivity index is 2.44. The van der Waals surface area contributed by atoms with Gasteiger partial charge in [-0.2, -0.15) is 0 Å². The maximum Gasteiger partial charge on any atom is 0.150 e. The van der Waals surface area contributed by atoms with Crippen molar-refractivity contribution in [2.45, 2.75) is 19.8 Å². The largest absolute Gasteiger partial charge is 0.298 e. The Labute approximate surface area is 114 Å². The van der Waals surface area contributed by atoms with Crippen LogP contribution in [0.5, 0.6) is 0 Å². The van der Waals surface area contributed by atoms with Gasteiger partial charge in [0, 0.05) is 5.56 Å². The first-order valence-electron chi connectivity index (χ1n) is 6.65. The molecule has 1 nitrogen and oxygen atoms in total. The van der Waals surface area contributed by atoms with E-state index >= 15 is 0 Å². The predicted molar refractivity (Wildman–Crippen MR) is 81.1 cm³/mol. The highest BCUT2D eigenvalue weighted by molar-refractivity contribution is 5.89. The van der Waals surface area contributed by atoms with Crippen molar-refractivity contribution in [3.8, 4) is 0 Å². The van der Waals surface area contributed by atoms with E-state index < -0.39 is 0 Å². The average Bonchev–Trinajstić information content (AvgIpc) is 2.48. The highest BCUT2D eigenvalue weighted by Gasteiger charge is 2.03. The molecule has 0 saturated carbocycles. The normalized spacial score (nSPS) is 11.3. The lowest BCUT2D eigenvalue weighted by Crippen LogP contribution is -1.88. The Morgan fingerprint density at radius 1 is 0.947 bits per heavy atom. The van der Waals surface area contributed by atoms with Crippen molar-refractivity contribution in [1.29, 1.82) is 0 Å². The molecule has 0 atom stereocenters. The molecule has 1 heteroatoms. The Bertz CT molecular complexity index is 567. The van der Waals surface area contributed by atoms with Crippen LogP contribution in [0.25, 0.3) is 11.6 Å². The van der Waals surface area contributed by atoms with Gasteiger partial charge < -0.3 is 0 Å². The molecular formula is C18H18O. The van der Waals surface area contributed by atoms with Crippen LogP contribution in [-0.4, -0.2) is 6.29 Å². The van der Waals surface area contributed by atoms with Gasteiger partial charge in [0.25, 0.3) is 0 Å². The Morgan fingerprint density at radius 3 is 2.21 bits per heavy atom. The summed E-state index contributed by atoms with van der Waals surface area (Å²) >= 11 is 0. The molecule has 0 heterocycles. The van der Waals surface area contributed by atoms with Crippen LogP contribution in [0.3, 0.4) is 0 Å². The second-order valence-corrected chi connectivity index (χ2v) is 4.53. The molecule has 0 aliphatic heterocycles. The van der Waals surface area contributed by atoms with Crippen LogP contribution in [-0.2, 0) is 0 Å². The van der Waals surface area contributed by atoms with Gasteiger partial charge in [-0.15, -0.1) is 0 Å². The van der Waals surface area contributed by atoms with Crippen LogP contribution < -0.4 is 0 Å². The van der Waals surface area contributed by atoms with Gasteiger partial charge in [-0.05, 0) is 23.1 Å². The van der Waals surface area contributed by atoms with Gasteiger partial charge in [0.05, 0.1) is 0 Å². The SMILES string of the molecule is CCC/C(=C\c1ccccc1C=O)c1ccccc1. The number of hydrogen-bond acceptors (Lipinski definition) is 1. The van der Waals surface area contributed by atoms with Crippen molar-refractivity contribution in [1.82, 2.24) is 0 Å². The van der Waals surface area contributed by atoms with E-state index in [9.17, 15) is 4.79 Å². The molecule has 0 aliphatic rings. The molecule has 0 radical (unpaired) electrons. The standard InChI is InChI=1S/C18H18O/c1-2-8-16(15-9-4-3-5-10-15)13-17-11-6-7-12-18(17)14-19/h3-7,9-14H,2,8H2,1H3/b16-13+. The summed E-state index contributed by atoms with van der Waals surface area (Å²) in [5, 5.41) is 0. The van der Waals surface area contributed by atoms with E-state index in [-0.39, 0.29) is 0 Å². The average molecular weight is 250 g/mol. The van der Waals surface area contributed by atoms with Gasteiger partial charge in [0.15, 0.2) is 6.29 Å². The van der Waals surface area contributed by atoms with E-state index in [1.165, 1.54) is 11.1 Å². The van der Waals surface area contributed by atoms with E-state index in [4.69, 9.17) is 0 Å². The fourth-order valence-electron chi connectivity index (χ4n) is 2.16. The first-order chi connectivity index (χ1) is 9.35. The number of carbonyl (C=O) groups excluding carboxylic acids is 1. The molecule has 0 bridgehead atoms. The van der Waals surface area contributed by atoms with Crippen LogP contribution in [0.2, 0.25) is 0 Å². The third kappa shape index (κ3) is 3.41. The minimum atomic E-state index is 0.743. The molecule has 0 aromatic heterocycles. The van der Waals surface area contributed by atoms with Crippen molar-refractivity contribution < 1.29 is 4.79 Å². The highest BCUT2D eigenvalue weighted by Crippen LogP contribution is 2.23. The molecule has 19 heavy (non-hydrogen) atoms. The van der Waals surface area contributed by atoms with E-state index in [1.54, 1.807) is 0 Å². The molecular weight excluding hydrogens is 232 g/mol. The molecule has 96 valence electrons. The summed E-state index contributed by atoms with van der Waals surface area (Å²) < 4.78 is 0. The molecule has 2 rings (SSSR count). The van der Waals surface area contributed by atoms with Crippen LogP contribution in [0.1, 0.15) is 41.3 Å². The molecule has 0 N–H and O–H groups in total. The summed E-state index contributed by atoms with van der Waals surface area (Å²) in [5.74, 6) is 0. The third-order valence-electron chi connectivity index (χ3n) is 3.12. The van der Waals surface area contributed by atoms with Gasteiger partial charge in [-0.3, -0.25) is 4.79 Å². The monoisotopic (exact) mass is 250 g/mol. The summed E-state index contributed by atoms with van der Waals surface area (Å²) in [6.07, 6.45) is 5.14. The lowest BCUT2D eigenvalue weighted by molar-refractivity contribution is 0.112. The summed E-state index contributed by atoms with van der Waals surface area (Å²) in [7, 11) is 0. The Morgan fingerprint density at radius 2 is 1.58 bits per heavy atom. The van der Waals surface area contributed by atoms with E-state index in [2.05, 4.69) is 25.1 Å². The number of hydrogen-bond donors (Lipinski definition) is 0. The maximum atomic E-state index is 11.1. The van der Waals surface area contributed by atoms with Crippen LogP contribution in [0, 0.1) is 0 Å². The number of benzene rings is 2. The third-order valence-corrected chi connectivity index (χ3v) is 3.12. The zero-order valence-electron chi connectivity index (χ0n) is 11.2. The van der Waals surface area contributed by atoms with E-state index in [0.717, 1.165) is 30.3 Å². The van der Waals surface area contributed by atoms with Crippen molar-refractivity contribution in [3.63, 3.8) is 0 Å². The van der Waals surface area contributed by atoms with Gasteiger partial charge in [-0.1, -0.05) is 74.0 Å². The van der Waals surface area contributed by atoms with Crippen molar-refractivity contribution in [3.05, 3.63) is 71.3 Å². The first-order valence-corrected chi connectivity index (χ1v) is 6.65. The quantitative estimate of drug-likeness (QED) is 0.548. The zero-order valence-corrected chi connectivity index (χ0v) is 11.2. The van der Waals surface area contributed by atoms with Gasteiger partial charge >= 0.3 is 0 Å². The van der Waals surface area contributed by atoms with Crippen LogP contribution in [0.15, 0.2) is 54.6 Å². The lowest BCUT2D eigenvalue weighted by atomic mass is 9.97. The van der Waals surface area contributed by atoms with Gasteiger partial charge in [-0.25, -0.2) is 0 Å². The summed E-state index contributed by atoms with van der Waals surface area (Å²) in [6.45, 7) is 2.17. The van der Waals surface area contributed by atoms with Gasteiger partial charge in [0.1, 0.15) is 0 Å². The minimum Gasteiger partial charge on any atom is -0.298 e. The fraction of sp³-hybridized carbons (Fsp3) is 0.167. The van der Waals surface area contributed by atoms with E-state index in [0.29, 0.717) is 0 Å². The predicted octanol–water partition coefficient (Wildman–Crippen LogP) is 4.84. The second-order valence-electron chi connectivity index (χ2n) is 4.53. The number of rotatable bonds is 5. The number of aldehydes is 1. The van der Waals surface area contributed by atoms with E-state index in [1.807, 2.05) is 42.5 Å². The summed E-state index contributed by atoms with van der Waals surface area (Å²) in [4.78, 5) is 11.1. The number of allylic oxidation sites excluding steroid dienone is 1. The number of carbonyl (C=O) groups is 1. The van der Waals surface area contributed by atoms with Crippen molar-refractivity contribution in [2.75, 3.05) is 0 Å². The van der Waals surface area contributed by atoms with Gasteiger partial charge in [0.2, 0.25) is 0 Å². The molecule has 0 spiro atoms. The Kier molecular flexibility index (Phi) is 4.68. The second kappa shape index (κ2) is 6.69. The Hall–Kier alpha value is -2.15. The van der Waals surface area contributed by atoms with Crippen molar-refractivity contribution >= 4 is 17.9 Å². The molecule has 0 amide bonds. The highest BCUT2D eigenvalue weighted by atomic mass is 16.1. The molecule has 2 aromatic rings. The molecule has 0 saturated heterocycles. The van der Waals surface area contributed by atoms with Crippen LogP contribution >= 0.6 is 0 Å². The lowest BCUT2D eigenvalue weighted by Gasteiger charge is -2.08. The topological polar surface area (TPSA) is 17.1 Å². The van der Waals surface area contributed by atoms with Crippen molar-refractivity contribution in [2.24, 2.45) is 0 Å². The molecule has 2 aromatic carbocycles. The first kappa shape index (κ1) is 13.3. The molecule has 0 aliphatic carbocycles.